The highest BCUT2D eigenvalue weighted by Gasteiger charge is 2.43. The van der Waals surface area contributed by atoms with Crippen LogP contribution in [0.2, 0.25) is 0 Å². The van der Waals surface area contributed by atoms with Gasteiger partial charge in [-0.15, -0.1) is 0 Å². The quantitative estimate of drug-likeness (QED) is 0.539. The minimum atomic E-state index is 0.328. The molecule has 12 heavy (non-hydrogen) atoms. The first-order valence-corrected chi connectivity index (χ1v) is 5.04. The molecule has 0 N–H and O–H groups in total. The van der Waals surface area contributed by atoms with Crippen LogP contribution in [0, 0.1) is 5.92 Å². The van der Waals surface area contributed by atoms with E-state index in [-0.39, 0.29) is 0 Å². The average molecular weight is 169 g/mol. The van der Waals surface area contributed by atoms with Crippen molar-refractivity contribution < 1.29 is 0 Å². The lowest BCUT2D eigenvalue weighted by Gasteiger charge is -2.44. The Bertz CT molecular complexity index is 164. The van der Waals surface area contributed by atoms with Gasteiger partial charge in [-0.3, -0.25) is 4.90 Å². The summed E-state index contributed by atoms with van der Waals surface area (Å²) in [5.74, 6) is 0.830. The molecule has 1 nitrogen and oxygen atoms in total. The van der Waals surface area contributed by atoms with Crippen LogP contribution >= 0.6 is 0 Å². The van der Waals surface area contributed by atoms with E-state index in [4.69, 9.17) is 0 Å². The van der Waals surface area contributed by atoms with Gasteiger partial charge in [0.25, 0.3) is 0 Å². The third kappa shape index (κ3) is 1.52. The Labute approximate surface area is 77.1 Å². The van der Waals surface area contributed by atoms with Crippen molar-refractivity contribution >= 4 is 0 Å². The Kier molecular flexibility index (Phi) is 2.28. The van der Waals surface area contributed by atoms with Crippen LogP contribution in [0.1, 0.15) is 48.0 Å². The highest BCUT2D eigenvalue weighted by molar-refractivity contribution is 4.98. The average Bonchev–Trinajstić information content (AvgIpc) is 2.06. The molecule has 1 unspecified atom stereocenters. The maximum absolute atomic E-state index is 2.63. The number of hydrogen-bond acceptors (Lipinski definition) is 1. The third-order valence-corrected chi connectivity index (χ3v) is 3.50. The van der Waals surface area contributed by atoms with E-state index >= 15 is 0 Å². The summed E-state index contributed by atoms with van der Waals surface area (Å²) < 4.78 is 0. The van der Waals surface area contributed by atoms with Crippen molar-refractivity contribution in [3.05, 3.63) is 0 Å². The zero-order valence-corrected chi connectivity index (χ0v) is 9.44. The SMILES string of the molecule is CC1CCN(C(C)(C)C)C1(C)C. The molecular weight excluding hydrogens is 146 g/mol. The van der Waals surface area contributed by atoms with Gasteiger partial charge in [-0.2, -0.15) is 0 Å². The molecule has 0 aromatic heterocycles. The van der Waals surface area contributed by atoms with Crippen LogP contribution in [0.5, 0.6) is 0 Å². The summed E-state index contributed by atoms with van der Waals surface area (Å²) in [6.45, 7) is 15.3. The van der Waals surface area contributed by atoms with E-state index in [1.807, 2.05) is 0 Å². The lowest BCUT2D eigenvalue weighted by molar-refractivity contribution is 0.0507. The third-order valence-electron chi connectivity index (χ3n) is 3.50. The Morgan fingerprint density at radius 1 is 1.25 bits per heavy atom. The summed E-state index contributed by atoms with van der Waals surface area (Å²) >= 11 is 0. The first kappa shape index (κ1) is 10.0. The van der Waals surface area contributed by atoms with E-state index in [1.165, 1.54) is 13.0 Å². The molecule has 1 saturated heterocycles. The lowest BCUT2D eigenvalue weighted by atomic mass is 9.88. The highest BCUT2D eigenvalue weighted by atomic mass is 15.3. The van der Waals surface area contributed by atoms with Crippen LogP contribution < -0.4 is 0 Å². The normalized spacial score (nSPS) is 31.0. The Hall–Kier alpha value is -0.0400. The molecule has 1 aliphatic rings. The van der Waals surface area contributed by atoms with Gasteiger partial charge in [0.1, 0.15) is 0 Å². The molecule has 0 saturated carbocycles. The molecule has 0 aromatic rings. The summed E-state index contributed by atoms with van der Waals surface area (Å²) in [7, 11) is 0. The molecule has 1 aliphatic heterocycles. The van der Waals surface area contributed by atoms with Crippen molar-refractivity contribution in [2.45, 2.75) is 59.0 Å². The van der Waals surface area contributed by atoms with E-state index in [9.17, 15) is 0 Å². The molecule has 1 heterocycles. The predicted molar refractivity (Wildman–Crippen MR) is 54.3 cm³/mol. The summed E-state index contributed by atoms with van der Waals surface area (Å²) in [4.78, 5) is 2.63. The smallest absolute Gasteiger partial charge is 0.0184 e. The molecule has 1 rings (SSSR count). The van der Waals surface area contributed by atoms with Gasteiger partial charge < -0.3 is 0 Å². The van der Waals surface area contributed by atoms with Gasteiger partial charge in [-0.25, -0.2) is 0 Å². The van der Waals surface area contributed by atoms with E-state index < -0.39 is 0 Å². The molecule has 72 valence electrons. The Morgan fingerprint density at radius 3 is 1.92 bits per heavy atom. The largest absolute Gasteiger partial charge is 0.293 e. The van der Waals surface area contributed by atoms with Crippen LogP contribution in [0.15, 0.2) is 0 Å². The van der Waals surface area contributed by atoms with Crippen LogP contribution in [0.3, 0.4) is 0 Å². The molecule has 1 atom stereocenters. The van der Waals surface area contributed by atoms with Crippen molar-refractivity contribution in [3.63, 3.8) is 0 Å². The van der Waals surface area contributed by atoms with Gasteiger partial charge in [-0.1, -0.05) is 6.92 Å². The molecular formula is C11H23N. The molecule has 0 amide bonds. The van der Waals surface area contributed by atoms with Crippen molar-refractivity contribution in [1.29, 1.82) is 0 Å². The minimum absolute atomic E-state index is 0.328. The second-order valence-electron chi connectivity index (χ2n) is 5.67. The summed E-state index contributed by atoms with van der Waals surface area (Å²) in [6, 6.07) is 0. The topological polar surface area (TPSA) is 3.24 Å². The molecule has 0 radical (unpaired) electrons. The van der Waals surface area contributed by atoms with Crippen LogP contribution in [-0.4, -0.2) is 22.5 Å². The standard InChI is InChI=1S/C11H23N/c1-9-7-8-12(10(2,3)4)11(9,5)6/h9H,7-8H2,1-6H3. The van der Waals surface area contributed by atoms with Crippen LogP contribution in [0.4, 0.5) is 0 Å². The molecule has 1 heteroatoms. The highest BCUT2D eigenvalue weighted by Crippen LogP contribution is 2.38. The van der Waals surface area contributed by atoms with E-state index in [0.717, 1.165) is 5.92 Å². The molecule has 0 spiro atoms. The Morgan fingerprint density at radius 2 is 1.75 bits per heavy atom. The van der Waals surface area contributed by atoms with Gasteiger partial charge >= 0.3 is 0 Å². The second kappa shape index (κ2) is 2.73. The van der Waals surface area contributed by atoms with E-state index in [1.54, 1.807) is 0 Å². The zero-order chi connectivity index (χ0) is 9.57. The van der Waals surface area contributed by atoms with E-state index in [2.05, 4.69) is 46.4 Å². The number of likely N-dealkylation sites (tertiary alicyclic amines) is 1. The maximum atomic E-state index is 2.63. The first-order chi connectivity index (χ1) is 5.26. The monoisotopic (exact) mass is 169 g/mol. The summed E-state index contributed by atoms with van der Waals surface area (Å²) in [6.07, 6.45) is 1.35. The van der Waals surface area contributed by atoms with Crippen LogP contribution in [0.25, 0.3) is 0 Å². The number of nitrogens with zero attached hydrogens (tertiary/aromatic N) is 1. The molecule has 0 aromatic carbocycles. The van der Waals surface area contributed by atoms with Crippen LogP contribution in [-0.2, 0) is 0 Å². The van der Waals surface area contributed by atoms with Gasteiger partial charge in [-0.05, 0) is 53.5 Å². The first-order valence-electron chi connectivity index (χ1n) is 5.04. The fraction of sp³-hybridized carbons (Fsp3) is 1.00. The minimum Gasteiger partial charge on any atom is -0.293 e. The van der Waals surface area contributed by atoms with Crippen molar-refractivity contribution in [2.75, 3.05) is 6.54 Å². The molecule has 1 fully saturated rings. The zero-order valence-electron chi connectivity index (χ0n) is 9.44. The van der Waals surface area contributed by atoms with Crippen molar-refractivity contribution in [2.24, 2.45) is 5.92 Å². The van der Waals surface area contributed by atoms with Gasteiger partial charge in [0.15, 0.2) is 0 Å². The second-order valence-corrected chi connectivity index (χ2v) is 5.67. The number of rotatable bonds is 0. The van der Waals surface area contributed by atoms with Gasteiger partial charge in [0, 0.05) is 11.1 Å². The van der Waals surface area contributed by atoms with Crippen molar-refractivity contribution in [3.8, 4) is 0 Å². The Balaban J connectivity index is 2.82. The fourth-order valence-corrected chi connectivity index (χ4v) is 2.43. The van der Waals surface area contributed by atoms with Gasteiger partial charge in [0.05, 0.1) is 0 Å². The fourth-order valence-electron chi connectivity index (χ4n) is 2.43. The molecule has 0 bridgehead atoms. The van der Waals surface area contributed by atoms with E-state index in [0.29, 0.717) is 11.1 Å². The summed E-state index contributed by atoms with van der Waals surface area (Å²) in [5.41, 5.74) is 0.715. The predicted octanol–water partition coefficient (Wildman–Crippen LogP) is 2.91. The maximum Gasteiger partial charge on any atom is 0.0184 e. The van der Waals surface area contributed by atoms with Crippen molar-refractivity contribution in [1.82, 2.24) is 4.90 Å². The van der Waals surface area contributed by atoms with Gasteiger partial charge in [0.2, 0.25) is 0 Å². The number of hydrogen-bond donors (Lipinski definition) is 0. The molecule has 0 aliphatic carbocycles. The summed E-state index contributed by atoms with van der Waals surface area (Å²) in [5, 5.41) is 0. The lowest BCUT2D eigenvalue weighted by Crippen LogP contribution is -2.51.